The first-order chi connectivity index (χ1) is 7.13. The maximum Gasteiger partial charge on any atom is 0.168 e. The predicted molar refractivity (Wildman–Crippen MR) is 69.2 cm³/mol. The van der Waals surface area contributed by atoms with Gasteiger partial charge in [0.25, 0.3) is 0 Å². The van der Waals surface area contributed by atoms with Crippen molar-refractivity contribution < 1.29 is 4.74 Å². The van der Waals surface area contributed by atoms with Gasteiger partial charge in [-0.2, -0.15) is 0 Å². The number of hydrogen-bond acceptors (Lipinski definition) is 2. The fraction of sp³-hybridized carbons (Fsp3) is 0.909. The van der Waals surface area contributed by atoms with Crippen LogP contribution in [-0.4, -0.2) is 43.4 Å². The highest BCUT2D eigenvalue weighted by Crippen LogP contribution is 2.03. The number of nitrogens with zero attached hydrogens (tertiary/aromatic N) is 1. The van der Waals surface area contributed by atoms with Gasteiger partial charge in [0, 0.05) is 33.4 Å². The lowest BCUT2D eigenvalue weighted by Gasteiger charge is -2.27. The molecule has 0 amide bonds. The van der Waals surface area contributed by atoms with Gasteiger partial charge in [0.15, 0.2) is 5.11 Å². The van der Waals surface area contributed by atoms with Crippen molar-refractivity contribution in [3.8, 4) is 0 Å². The van der Waals surface area contributed by atoms with Gasteiger partial charge in [-0.25, -0.2) is 0 Å². The molecule has 1 N–H and O–H groups in total. The molecular formula is C11H24N2OS. The van der Waals surface area contributed by atoms with E-state index in [1.807, 2.05) is 7.05 Å². The zero-order valence-corrected chi connectivity index (χ0v) is 11.2. The minimum Gasteiger partial charge on any atom is -0.385 e. The Hall–Kier alpha value is -0.350. The van der Waals surface area contributed by atoms with E-state index in [9.17, 15) is 0 Å². The molecule has 0 aromatic rings. The minimum atomic E-state index is 0.512. The SMILES string of the molecule is CCCC(C)N(C)C(=S)NCCCOC. The topological polar surface area (TPSA) is 24.5 Å². The van der Waals surface area contributed by atoms with E-state index in [0.29, 0.717) is 6.04 Å². The van der Waals surface area contributed by atoms with E-state index in [4.69, 9.17) is 17.0 Å². The molecule has 0 aromatic carbocycles. The van der Waals surface area contributed by atoms with Crippen molar-refractivity contribution in [3.63, 3.8) is 0 Å². The highest BCUT2D eigenvalue weighted by molar-refractivity contribution is 7.80. The van der Waals surface area contributed by atoms with Crippen LogP contribution in [0.3, 0.4) is 0 Å². The van der Waals surface area contributed by atoms with Gasteiger partial charge >= 0.3 is 0 Å². The molecular weight excluding hydrogens is 208 g/mol. The van der Waals surface area contributed by atoms with Gasteiger partial charge in [-0.3, -0.25) is 0 Å². The summed E-state index contributed by atoms with van der Waals surface area (Å²) >= 11 is 5.29. The van der Waals surface area contributed by atoms with Crippen LogP contribution < -0.4 is 5.32 Å². The average Bonchev–Trinajstić information content (AvgIpc) is 2.23. The standard InChI is InChI=1S/C11H24N2OS/c1-5-7-10(2)13(3)11(15)12-8-6-9-14-4/h10H,5-9H2,1-4H3,(H,12,15). The lowest BCUT2D eigenvalue weighted by Crippen LogP contribution is -2.42. The summed E-state index contributed by atoms with van der Waals surface area (Å²) in [7, 11) is 3.76. The normalized spacial score (nSPS) is 12.3. The molecule has 0 aliphatic carbocycles. The Balaban J connectivity index is 3.68. The summed E-state index contributed by atoms with van der Waals surface area (Å²) in [5.74, 6) is 0. The molecule has 0 radical (unpaired) electrons. The van der Waals surface area contributed by atoms with Gasteiger partial charge in [0.2, 0.25) is 0 Å². The second-order valence-corrected chi connectivity index (χ2v) is 4.21. The fourth-order valence-electron chi connectivity index (χ4n) is 1.35. The Kier molecular flexibility index (Phi) is 8.71. The molecule has 1 unspecified atom stereocenters. The van der Waals surface area contributed by atoms with Crippen LogP contribution >= 0.6 is 12.2 Å². The number of ether oxygens (including phenoxy) is 1. The van der Waals surface area contributed by atoms with E-state index >= 15 is 0 Å². The van der Waals surface area contributed by atoms with Crippen molar-refractivity contribution >= 4 is 17.3 Å². The first-order valence-electron chi connectivity index (χ1n) is 5.63. The van der Waals surface area contributed by atoms with Gasteiger partial charge in [0.05, 0.1) is 0 Å². The van der Waals surface area contributed by atoms with Gasteiger partial charge in [-0.15, -0.1) is 0 Å². The van der Waals surface area contributed by atoms with Crippen LogP contribution in [0.15, 0.2) is 0 Å². The molecule has 4 heteroatoms. The maximum atomic E-state index is 5.29. The van der Waals surface area contributed by atoms with Crippen LogP contribution in [0.2, 0.25) is 0 Å². The Morgan fingerprint density at radius 3 is 2.73 bits per heavy atom. The summed E-state index contributed by atoms with van der Waals surface area (Å²) < 4.78 is 4.97. The van der Waals surface area contributed by atoms with E-state index in [-0.39, 0.29) is 0 Å². The van der Waals surface area contributed by atoms with Gasteiger partial charge in [0.1, 0.15) is 0 Å². The van der Waals surface area contributed by atoms with E-state index in [1.54, 1.807) is 7.11 Å². The van der Waals surface area contributed by atoms with Crippen LogP contribution in [0.5, 0.6) is 0 Å². The molecule has 0 rings (SSSR count). The second kappa shape index (κ2) is 8.92. The van der Waals surface area contributed by atoms with E-state index < -0.39 is 0 Å². The Morgan fingerprint density at radius 1 is 1.53 bits per heavy atom. The number of nitrogens with one attached hydrogen (secondary N) is 1. The molecule has 0 spiro atoms. The quantitative estimate of drug-likeness (QED) is 0.536. The fourth-order valence-corrected chi connectivity index (χ4v) is 1.63. The highest BCUT2D eigenvalue weighted by atomic mass is 32.1. The first-order valence-corrected chi connectivity index (χ1v) is 6.03. The van der Waals surface area contributed by atoms with E-state index in [0.717, 1.165) is 24.7 Å². The molecule has 0 fully saturated rings. The van der Waals surface area contributed by atoms with Crippen LogP contribution in [0.4, 0.5) is 0 Å². The predicted octanol–water partition coefficient (Wildman–Crippen LogP) is 2.02. The third-order valence-corrected chi connectivity index (χ3v) is 2.92. The summed E-state index contributed by atoms with van der Waals surface area (Å²) in [5.41, 5.74) is 0. The molecule has 0 saturated heterocycles. The van der Waals surface area contributed by atoms with Crippen LogP contribution in [0.25, 0.3) is 0 Å². The van der Waals surface area contributed by atoms with Crippen molar-refractivity contribution in [3.05, 3.63) is 0 Å². The number of methoxy groups -OCH3 is 1. The molecule has 0 heterocycles. The molecule has 1 atom stereocenters. The molecule has 0 aliphatic heterocycles. The van der Waals surface area contributed by atoms with Gasteiger partial charge < -0.3 is 15.0 Å². The number of hydrogen-bond donors (Lipinski definition) is 1. The third-order valence-electron chi connectivity index (χ3n) is 2.49. The number of thiocarbonyl (C=S) groups is 1. The lowest BCUT2D eigenvalue weighted by atomic mass is 10.2. The first kappa shape index (κ1) is 14.6. The second-order valence-electron chi connectivity index (χ2n) is 3.83. The molecule has 15 heavy (non-hydrogen) atoms. The Bertz CT molecular complexity index is 176. The summed E-state index contributed by atoms with van der Waals surface area (Å²) in [6.07, 6.45) is 3.36. The van der Waals surface area contributed by atoms with Crippen LogP contribution in [-0.2, 0) is 4.74 Å². The van der Waals surface area contributed by atoms with Crippen molar-refractivity contribution in [2.45, 2.75) is 39.2 Å². The zero-order chi connectivity index (χ0) is 11.7. The number of rotatable bonds is 7. The average molecular weight is 232 g/mol. The van der Waals surface area contributed by atoms with Crippen molar-refractivity contribution in [1.82, 2.24) is 10.2 Å². The van der Waals surface area contributed by atoms with Crippen molar-refractivity contribution in [1.29, 1.82) is 0 Å². The molecule has 0 bridgehead atoms. The summed E-state index contributed by atoms with van der Waals surface area (Å²) in [5, 5.41) is 4.07. The summed E-state index contributed by atoms with van der Waals surface area (Å²) in [4.78, 5) is 2.13. The van der Waals surface area contributed by atoms with Crippen LogP contribution in [0, 0.1) is 0 Å². The lowest BCUT2D eigenvalue weighted by molar-refractivity contribution is 0.195. The summed E-state index contributed by atoms with van der Waals surface area (Å²) in [6, 6.07) is 0.512. The van der Waals surface area contributed by atoms with Crippen LogP contribution in [0.1, 0.15) is 33.1 Å². The zero-order valence-electron chi connectivity index (χ0n) is 10.4. The van der Waals surface area contributed by atoms with Crippen molar-refractivity contribution in [2.24, 2.45) is 0 Å². The largest absolute Gasteiger partial charge is 0.385 e. The Morgan fingerprint density at radius 2 is 2.20 bits per heavy atom. The minimum absolute atomic E-state index is 0.512. The summed E-state index contributed by atoms with van der Waals surface area (Å²) in [6.45, 7) is 6.06. The molecule has 90 valence electrons. The molecule has 0 aromatic heterocycles. The smallest absolute Gasteiger partial charge is 0.168 e. The molecule has 0 saturated carbocycles. The van der Waals surface area contributed by atoms with Gasteiger partial charge in [-0.1, -0.05) is 13.3 Å². The van der Waals surface area contributed by atoms with Crippen molar-refractivity contribution in [2.75, 3.05) is 27.3 Å². The molecule has 3 nitrogen and oxygen atoms in total. The van der Waals surface area contributed by atoms with E-state index in [1.165, 1.54) is 12.8 Å². The maximum absolute atomic E-state index is 5.29. The van der Waals surface area contributed by atoms with Gasteiger partial charge in [-0.05, 0) is 32.0 Å². The molecule has 0 aliphatic rings. The van der Waals surface area contributed by atoms with E-state index in [2.05, 4.69) is 24.1 Å². The Labute approximate surface area is 99.2 Å². The highest BCUT2D eigenvalue weighted by Gasteiger charge is 2.10. The monoisotopic (exact) mass is 232 g/mol. The third kappa shape index (κ3) is 6.68.